The number of aliphatic hydroxyl groups is 1. The van der Waals surface area contributed by atoms with Crippen molar-refractivity contribution in [2.45, 2.75) is 12.8 Å². The number of hydrogen-bond donors (Lipinski definition) is 2. The third-order valence-electron chi connectivity index (χ3n) is 1.51. The van der Waals surface area contributed by atoms with Crippen molar-refractivity contribution in [2.24, 2.45) is 0 Å². The Morgan fingerprint density at radius 2 is 2.40 bits per heavy atom. The Morgan fingerprint density at radius 3 is 3.00 bits per heavy atom. The van der Waals surface area contributed by atoms with Crippen LogP contribution >= 0.6 is 0 Å². The van der Waals surface area contributed by atoms with Crippen LogP contribution < -0.4 is 5.32 Å². The molecule has 0 fully saturated rings. The molecule has 56 valence electrons. The quantitative estimate of drug-likeness (QED) is 0.567. The maximum absolute atomic E-state index is 8.43. The second-order valence-corrected chi connectivity index (χ2v) is 2.34. The molecular weight excluding hydrogens is 126 g/mol. The van der Waals surface area contributed by atoms with Crippen LogP contribution in [-0.2, 0) is 0 Å². The third kappa shape index (κ3) is 2.33. The van der Waals surface area contributed by atoms with E-state index in [4.69, 9.17) is 5.11 Å². The summed E-state index contributed by atoms with van der Waals surface area (Å²) in [5.41, 5.74) is 1.28. The summed E-state index contributed by atoms with van der Waals surface area (Å²) >= 11 is 0. The van der Waals surface area contributed by atoms with Gasteiger partial charge in [0.15, 0.2) is 0 Å². The van der Waals surface area contributed by atoms with E-state index in [9.17, 15) is 0 Å². The Kier molecular flexibility index (Phi) is 3.19. The second-order valence-electron chi connectivity index (χ2n) is 2.34. The molecule has 1 rings (SSSR count). The van der Waals surface area contributed by atoms with Crippen LogP contribution in [0, 0.1) is 0 Å². The SMILES string of the molecule is OCNCC1=CCCC=C1. The molecule has 0 heterocycles. The molecule has 0 aromatic carbocycles. The molecule has 0 aromatic rings. The summed E-state index contributed by atoms with van der Waals surface area (Å²) in [6.07, 6.45) is 8.75. The van der Waals surface area contributed by atoms with Gasteiger partial charge in [0, 0.05) is 6.54 Å². The van der Waals surface area contributed by atoms with Crippen LogP contribution in [0.5, 0.6) is 0 Å². The summed E-state index contributed by atoms with van der Waals surface area (Å²) in [4.78, 5) is 0. The van der Waals surface area contributed by atoms with Gasteiger partial charge in [-0.1, -0.05) is 18.2 Å². The summed E-state index contributed by atoms with van der Waals surface area (Å²) < 4.78 is 0. The smallest absolute Gasteiger partial charge is 0.0934 e. The van der Waals surface area contributed by atoms with Gasteiger partial charge in [0.2, 0.25) is 0 Å². The van der Waals surface area contributed by atoms with E-state index >= 15 is 0 Å². The molecule has 0 saturated carbocycles. The fraction of sp³-hybridized carbons (Fsp3) is 0.500. The predicted molar refractivity (Wildman–Crippen MR) is 41.5 cm³/mol. The highest BCUT2D eigenvalue weighted by Crippen LogP contribution is 2.07. The van der Waals surface area contributed by atoms with Crippen LogP contribution in [0.4, 0.5) is 0 Å². The summed E-state index contributed by atoms with van der Waals surface area (Å²) in [7, 11) is 0. The molecule has 0 amide bonds. The van der Waals surface area contributed by atoms with Gasteiger partial charge < -0.3 is 5.11 Å². The topological polar surface area (TPSA) is 32.3 Å². The van der Waals surface area contributed by atoms with E-state index in [2.05, 4.69) is 23.5 Å². The molecule has 1 aliphatic rings. The van der Waals surface area contributed by atoms with E-state index < -0.39 is 0 Å². The van der Waals surface area contributed by atoms with Crippen LogP contribution in [0.1, 0.15) is 12.8 Å². The minimum Gasteiger partial charge on any atom is -0.381 e. The summed E-state index contributed by atoms with van der Waals surface area (Å²) in [6, 6.07) is 0. The molecule has 2 heteroatoms. The zero-order valence-electron chi connectivity index (χ0n) is 6.01. The molecule has 0 spiro atoms. The lowest BCUT2D eigenvalue weighted by molar-refractivity contribution is 0.266. The molecule has 0 aliphatic heterocycles. The average Bonchev–Trinajstić information content (AvgIpc) is 2.03. The number of nitrogens with one attached hydrogen (secondary N) is 1. The van der Waals surface area contributed by atoms with Crippen LogP contribution in [0.3, 0.4) is 0 Å². The monoisotopic (exact) mass is 139 g/mol. The first kappa shape index (κ1) is 7.51. The fourth-order valence-corrected chi connectivity index (χ4v) is 0.999. The van der Waals surface area contributed by atoms with E-state index in [1.807, 2.05) is 0 Å². The summed E-state index contributed by atoms with van der Waals surface area (Å²) in [6.45, 7) is 0.845. The normalized spacial score (nSPS) is 17.1. The van der Waals surface area contributed by atoms with Crippen molar-refractivity contribution in [1.29, 1.82) is 0 Å². The van der Waals surface area contributed by atoms with Crippen molar-refractivity contribution in [3.05, 3.63) is 23.8 Å². The molecule has 0 aromatic heterocycles. The van der Waals surface area contributed by atoms with Crippen LogP contribution in [-0.4, -0.2) is 18.4 Å². The van der Waals surface area contributed by atoms with Gasteiger partial charge in [-0.05, 0) is 18.4 Å². The fourth-order valence-electron chi connectivity index (χ4n) is 0.999. The minimum absolute atomic E-state index is 0.0607. The minimum atomic E-state index is 0.0607. The van der Waals surface area contributed by atoms with Crippen molar-refractivity contribution >= 4 is 0 Å². The standard InChI is InChI=1S/C8H13NO/c10-7-9-6-8-4-2-1-3-5-8/h2,4-5,9-10H,1,3,6-7H2. The molecule has 2 N–H and O–H groups in total. The van der Waals surface area contributed by atoms with E-state index in [1.165, 1.54) is 5.57 Å². The van der Waals surface area contributed by atoms with E-state index in [1.54, 1.807) is 0 Å². The first-order chi connectivity index (χ1) is 4.93. The van der Waals surface area contributed by atoms with Gasteiger partial charge in [0.05, 0.1) is 6.73 Å². The first-order valence-electron chi connectivity index (χ1n) is 3.60. The summed E-state index contributed by atoms with van der Waals surface area (Å²) in [5.74, 6) is 0. The van der Waals surface area contributed by atoms with Crippen molar-refractivity contribution in [3.8, 4) is 0 Å². The number of allylic oxidation sites excluding steroid dienone is 2. The van der Waals surface area contributed by atoms with Gasteiger partial charge in [-0.25, -0.2) is 0 Å². The molecule has 0 unspecified atom stereocenters. The van der Waals surface area contributed by atoms with Gasteiger partial charge in [0.25, 0.3) is 0 Å². The Balaban J connectivity index is 2.26. The van der Waals surface area contributed by atoms with E-state index in [-0.39, 0.29) is 6.73 Å². The zero-order valence-corrected chi connectivity index (χ0v) is 6.01. The van der Waals surface area contributed by atoms with Crippen LogP contribution in [0.15, 0.2) is 23.8 Å². The average molecular weight is 139 g/mol. The molecule has 0 radical (unpaired) electrons. The van der Waals surface area contributed by atoms with Crippen molar-refractivity contribution in [1.82, 2.24) is 5.32 Å². The Labute approximate surface area is 61.3 Å². The van der Waals surface area contributed by atoms with Crippen molar-refractivity contribution in [2.75, 3.05) is 13.3 Å². The highest BCUT2D eigenvalue weighted by molar-refractivity contribution is 5.23. The number of aliphatic hydroxyl groups excluding tert-OH is 1. The van der Waals surface area contributed by atoms with Crippen molar-refractivity contribution in [3.63, 3.8) is 0 Å². The maximum Gasteiger partial charge on any atom is 0.0934 e. The molecular formula is C8H13NO. The molecule has 2 nitrogen and oxygen atoms in total. The number of rotatable bonds is 3. The molecule has 10 heavy (non-hydrogen) atoms. The first-order valence-corrected chi connectivity index (χ1v) is 3.60. The van der Waals surface area contributed by atoms with E-state index in [0.717, 1.165) is 19.4 Å². The Morgan fingerprint density at radius 1 is 1.50 bits per heavy atom. The van der Waals surface area contributed by atoms with Gasteiger partial charge >= 0.3 is 0 Å². The van der Waals surface area contributed by atoms with Gasteiger partial charge in [-0.2, -0.15) is 0 Å². The van der Waals surface area contributed by atoms with Crippen molar-refractivity contribution < 1.29 is 5.11 Å². The zero-order chi connectivity index (χ0) is 7.23. The molecule has 0 atom stereocenters. The number of hydrogen-bond acceptors (Lipinski definition) is 2. The highest BCUT2D eigenvalue weighted by atomic mass is 16.3. The lowest BCUT2D eigenvalue weighted by Gasteiger charge is -2.05. The highest BCUT2D eigenvalue weighted by Gasteiger charge is 1.94. The molecule has 1 aliphatic carbocycles. The van der Waals surface area contributed by atoms with Crippen LogP contribution in [0.25, 0.3) is 0 Å². The predicted octanol–water partition coefficient (Wildman–Crippen LogP) is 0.802. The maximum atomic E-state index is 8.43. The third-order valence-corrected chi connectivity index (χ3v) is 1.51. The van der Waals surface area contributed by atoms with Gasteiger partial charge in [-0.15, -0.1) is 0 Å². The Bertz CT molecular complexity index is 149. The largest absolute Gasteiger partial charge is 0.381 e. The van der Waals surface area contributed by atoms with E-state index in [0.29, 0.717) is 0 Å². The van der Waals surface area contributed by atoms with Crippen LogP contribution in [0.2, 0.25) is 0 Å². The molecule has 0 saturated heterocycles. The van der Waals surface area contributed by atoms with Gasteiger partial charge in [-0.3, -0.25) is 5.32 Å². The molecule has 0 bridgehead atoms. The lowest BCUT2D eigenvalue weighted by Crippen LogP contribution is -2.17. The second kappa shape index (κ2) is 4.25. The summed E-state index contributed by atoms with van der Waals surface area (Å²) in [5, 5.41) is 11.3. The lowest BCUT2D eigenvalue weighted by atomic mass is 10.1. The Hall–Kier alpha value is -0.600. The van der Waals surface area contributed by atoms with Gasteiger partial charge in [0.1, 0.15) is 0 Å².